The van der Waals surface area contributed by atoms with Gasteiger partial charge in [-0.1, -0.05) is 53.6 Å². The highest BCUT2D eigenvalue weighted by Crippen LogP contribution is 2.36. The van der Waals surface area contributed by atoms with Crippen molar-refractivity contribution in [2.24, 2.45) is 0 Å². The maximum absolute atomic E-state index is 11.5. The molecule has 0 spiro atoms. The SMILES string of the molecule is CCCCC/C=[N+](\[O-])O[Si](C)(C)C(C)(C)C. The molecule has 0 heterocycles. The molecule has 0 aromatic rings. The average molecular weight is 245 g/mol. The minimum atomic E-state index is -1.95. The Morgan fingerprint density at radius 2 is 1.81 bits per heavy atom. The van der Waals surface area contributed by atoms with Gasteiger partial charge in [0.1, 0.15) is 0 Å². The largest absolute Gasteiger partial charge is 0.443 e. The molecule has 0 bridgehead atoms. The number of hydrogen-bond donors (Lipinski definition) is 0. The highest BCUT2D eigenvalue weighted by Gasteiger charge is 2.36. The molecule has 4 heteroatoms. The molecule has 0 aliphatic rings. The zero-order valence-electron chi connectivity index (χ0n) is 11.7. The van der Waals surface area contributed by atoms with Gasteiger partial charge in [-0.05, 0) is 11.5 Å². The van der Waals surface area contributed by atoms with E-state index in [1.165, 1.54) is 12.8 Å². The fraction of sp³-hybridized carbons (Fsp3) is 0.917. The third-order valence-electron chi connectivity index (χ3n) is 3.21. The van der Waals surface area contributed by atoms with Crippen LogP contribution in [0.4, 0.5) is 0 Å². The summed E-state index contributed by atoms with van der Waals surface area (Å²) in [6.45, 7) is 12.7. The van der Waals surface area contributed by atoms with Gasteiger partial charge in [-0.15, -0.1) is 0 Å². The van der Waals surface area contributed by atoms with Crippen LogP contribution >= 0.6 is 0 Å². The number of rotatable bonds is 6. The Morgan fingerprint density at radius 3 is 2.25 bits per heavy atom. The van der Waals surface area contributed by atoms with E-state index in [4.69, 9.17) is 4.53 Å². The van der Waals surface area contributed by atoms with E-state index >= 15 is 0 Å². The fourth-order valence-corrected chi connectivity index (χ4v) is 1.79. The second kappa shape index (κ2) is 6.28. The summed E-state index contributed by atoms with van der Waals surface area (Å²) in [6.07, 6.45) is 5.85. The first-order chi connectivity index (χ1) is 7.20. The third-order valence-corrected chi connectivity index (χ3v) is 7.46. The van der Waals surface area contributed by atoms with Gasteiger partial charge in [0.2, 0.25) is 6.21 Å². The summed E-state index contributed by atoms with van der Waals surface area (Å²) < 4.78 is 5.54. The first kappa shape index (κ1) is 15.5. The van der Waals surface area contributed by atoms with Gasteiger partial charge in [0.05, 0.1) is 0 Å². The topological polar surface area (TPSA) is 35.3 Å². The standard InChI is InChI=1S/C12H27NO2Si/c1-7-8-9-10-11-13(14)15-16(5,6)12(2,3)4/h11H,7-10H2,1-6H3/b13-11+. The summed E-state index contributed by atoms with van der Waals surface area (Å²) in [7, 11) is -1.95. The molecule has 3 nitrogen and oxygen atoms in total. The van der Waals surface area contributed by atoms with Crippen LogP contribution in [0.1, 0.15) is 53.4 Å². The van der Waals surface area contributed by atoms with Crippen LogP contribution in [0.15, 0.2) is 0 Å². The Bertz CT molecular complexity index is 232. The van der Waals surface area contributed by atoms with E-state index in [0.717, 1.165) is 12.8 Å². The summed E-state index contributed by atoms with van der Waals surface area (Å²) >= 11 is 0. The molecule has 0 aromatic heterocycles. The zero-order chi connectivity index (χ0) is 12.8. The van der Waals surface area contributed by atoms with Gasteiger partial charge in [-0.2, -0.15) is 0 Å². The van der Waals surface area contributed by atoms with Crippen molar-refractivity contribution in [3.05, 3.63) is 5.21 Å². The first-order valence-electron chi connectivity index (χ1n) is 6.19. The molecule has 0 rings (SSSR count). The molecule has 0 saturated carbocycles. The van der Waals surface area contributed by atoms with Crippen LogP contribution in [-0.2, 0) is 4.53 Å². The lowest BCUT2D eigenvalue weighted by molar-refractivity contribution is -0.702. The van der Waals surface area contributed by atoms with E-state index in [2.05, 4.69) is 40.8 Å². The quantitative estimate of drug-likeness (QED) is 0.232. The minimum Gasteiger partial charge on any atom is -0.443 e. The summed E-state index contributed by atoms with van der Waals surface area (Å²) in [5, 5.41) is 11.6. The Hall–Kier alpha value is -0.513. The van der Waals surface area contributed by atoms with Gasteiger partial charge < -0.3 is 4.53 Å². The van der Waals surface area contributed by atoms with E-state index in [1.807, 2.05) is 0 Å². The smallest absolute Gasteiger partial charge is 0.209 e. The first-order valence-corrected chi connectivity index (χ1v) is 9.10. The van der Waals surface area contributed by atoms with Gasteiger partial charge in [-0.25, -0.2) is 0 Å². The molecule has 0 unspecified atom stereocenters. The van der Waals surface area contributed by atoms with Crippen LogP contribution in [0.3, 0.4) is 0 Å². The summed E-state index contributed by atoms with van der Waals surface area (Å²) in [5.41, 5.74) is 0. The summed E-state index contributed by atoms with van der Waals surface area (Å²) in [4.78, 5) is 0.688. The lowest BCUT2D eigenvalue weighted by Crippen LogP contribution is -2.43. The molecule has 0 aliphatic carbocycles. The molecule has 96 valence electrons. The Balaban J connectivity index is 4.17. The second-order valence-corrected chi connectivity index (χ2v) is 10.5. The van der Waals surface area contributed by atoms with E-state index in [-0.39, 0.29) is 5.04 Å². The average Bonchev–Trinajstić information content (AvgIpc) is 2.10. The Morgan fingerprint density at radius 1 is 1.25 bits per heavy atom. The molecule has 16 heavy (non-hydrogen) atoms. The van der Waals surface area contributed by atoms with Gasteiger partial charge >= 0.3 is 0 Å². The molecular weight excluding hydrogens is 218 g/mol. The van der Waals surface area contributed by atoms with Crippen molar-refractivity contribution < 1.29 is 9.43 Å². The Labute approximate surface area is 101 Å². The van der Waals surface area contributed by atoms with E-state index in [0.29, 0.717) is 4.90 Å². The molecule has 0 atom stereocenters. The van der Waals surface area contributed by atoms with Crippen LogP contribution in [0.25, 0.3) is 0 Å². The van der Waals surface area contributed by atoms with Crippen LogP contribution in [0.2, 0.25) is 18.1 Å². The molecule has 0 radical (unpaired) electrons. The van der Waals surface area contributed by atoms with Crippen LogP contribution in [-0.4, -0.2) is 19.4 Å². The summed E-state index contributed by atoms with van der Waals surface area (Å²) in [5.74, 6) is 0. The molecule has 0 saturated heterocycles. The van der Waals surface area contributed by atoms with Crippen LogP contribution in [0, 0.1) is 5.21 Å². The van der Waals surface area contributed by atoms with Crippen LogP contribution < -0.4 is 0 Å². The predicted octanol–water partition coefficient (Wildman–Crippen LogP) is 4.08. The van der Waals surface area contributed by atoms with Crippen molar-refractivity contribution in [1.82, 2.24) is 0 Å². The van der Waals surface area contributed by atoms with Crippen molar-refractivity contribution in [2.45, 2.75) is 71.5 Å². The van der Waals surface area contributed by atoms with Crippen molar-refractivity contribution in [2.75, 3.05) is 0 Å². The number of nitrogens with zero attached hydrogens (tertiary/aromatic N) is 1. The van der Waals surface area contributed by atoms with Crippen LogP contribution in [0.5, 0.6) is 0 Å². The fourth-order valence-electron chi connectivity index (χ4n) is 0.990. The molecule has 0 fully saturated rings. The lowest BCUT2D eigenvalue weighted by atomic mass is 10.2. The third kappa shape index (κ3) is 5.54. The lowest BCUT2D eigenvalue weighted by Gasteiger charge is -2.37. The van der Waals surface area contributed by atoms with Gasteiger partial charge in [0, 0.05) is 11.3 Å². The monoisotopic (exact) mass is 245 g/mol. The normalized spacial score (nSPS) is 14.0. The maximum Gasteiger partial charge on any atom is 0.209 e. The van der Waals surface area contributed by atoms with Crippen molar-refractivity contribution in [3.8, 4) is 0 Å². The molecular formula is C12H27NO2Si. The predicted molar refractivity (Wildman–Crippen MR) is 72.1 cm³/mol. The molecule has 0 aromatic carbocycles. The van der Waals surface area contributed by atoms with E-state index in [1.54, 1.807) is 6.21 Å². The number of hydrogen-bond acceptors (Lipinski definition) is 2. The molecule has 0 aliphatic heterocycles. The second-order valence-electron chi connectivity index (χ2n) is 5.82. The van der Waals surface area contributed by atoms with Gasteiger partial charge in [0.15, 0.2) is 8.32 Å². The summed E-state index contributed by atoms with van der Waals surface area (Å²) in [6, 6.07) is 0. The number of unbranched alkanes of at least 4 members (excludes halogenated alkanes) is 3. The zero-order valence-corrected chi connectivity index (χ0v) is 12.7. The van der Waals surface area contributed by atoms with Gasteiger partial charge in [0.25, 0.3) is 0 Å². The van der Waals surface area contributed by atoms with E-state index < -0.39 is 8.32 Å². The van der Waals surface area contributed by atoms with Crippen molar-refractivity contribution in [1.29, 1.82) is 0 Å². The van der Waals surface area contributed by atoms with Crippen molar-refractivity contribution >= 4 is 14.5 Å². The Kier molecular flexibility index (Phi) is 6.08. The van der Waals surface area contributed by atoms with E-state index in [9.17, 15) is 5.21 Å². The maximum atomic E-state index is 11.5. The highest BCUT2D eigenvalue weighted by molar-refractivity contribution is 6.73. The highest BCUT2D eigenvalue weighted by atomic mass is 28.4. The molecule has 0 amide bonds. The minimum absolute atomic E-state index is 0.0763. The molecule has 0 N–H and O–H groups in total. The van der Waals surface area contributed by atoms with Crippen molar-refractivity contribution in [3.63, 3.8) is 0 Å². The van der Waals surface area contributed by atoms with Gasteiger partial charge in [-0.3, -0.25) is 5.21 Å².